The van der Waals surface area contributed by atoms with Crippen LogP contribution >= 0.6 is 0 Å². The van der Waals surface area contributed by atoms with Gasteiger partial charge in [-0.2, -0.15) is 10.1 Å². The maximum Gasteiger partial charge on any atom is 0.268 e. The van der Waals surface area contributed by atoms with E-state index in [0.29, 0.717) is 29.7 Å². The second-order valence-electron chi connectivity index (χ2n) is 9.05. The largest absolute Gasteiger partial charge is 0.350 e. The van der Waals surface area contributed by atoms with Crippen molar-refractivity contribution in [2.45, 2.75) is 37.1 Å². The fourth-order valence-corrected chi connectivity index (χ4v) is 5.47. The molecule has 0 unspecified atom stereocenters. The summed E-state index contributed by atoms with van der Waals surface area (Å²) in [5.74, 6) is 2.42. The third-order valence-electron chi connectivity index (χ3n) is 6.28. The molecule has 9 nitrogen and oxygen atoms in total. The van der Waals surface area contributed by atoms with Crippen LogP contribution in [-0.4, -0.2) is 32.6 Å². The summed E-state index contributed by atoms with van der Waals surface area (Å²) in [6.07, 6.45) is 5.68. The Kier molecular flexibility index (Phi) is 5.45. The number of H-pyrrole nitrogens is 1. The van der Waals surface area contributed by atoms with Crippen LogP contribution in [-0.2, 0) is 16.6 Å². The van der Waals surface area contributed by atoms with Gasteiger partial charge in [-0.15, -0.1) is 0 Å². The van der Waals surface area contributed by atoms with Crippen LogP contribution in [0.15, 0.2) is 78.0 Å². The van der Waals surface area contributed by atoms with Crippen molar-refractivity contribution in [1.82, 2.24) is 24.1 Å². The molecule has 182 valence electrons. The van der Waals surface area contributed by atoms with E-state index >= 15 is 0 Å². The van der Waals surface area contributed by atoms with Gasteiger partial charge in [0.15, 0.2) is 5.82 Å². The highest BCUT2D eigenvalue weighted by molar-refractivity contribution is 7.90. The molecule has 10 heteroatoms. The molecule has 36 heavy (non-hydrogen) atoms. The zero-order chi connectivity index (χ0) is 24.7. The Morgan fingerprint density at radius 3 is 2.67 bits per heavy atom. The van der Waals surface area contributed by atoms with Gasteiger partial charge in [0.1, 0.15) is 5.82 Å². The van der Waals surface area contributed by atoms with Gasteiger partial charge in [0.05, 0.1) is 10.4 Å². The molecule has 0 radical (unpaired) electrons. The van der Waals surface area contributed by atoms with Crippen LogP contribution in [0.2, 0.25) is 0 Å². The number of hydrogen-bond donors (Lipinski definition) is 3. The Morgan fingerprint density at radius 2 is 1.86 bits per heavy atom. The monoisotopic (exact) mass is 499 g/mol. The molecule has 2 aromatic carbocycles. The average Bonchev–Trinajstić information content (AvgIpc) is 3.47. The molecule has 1 aliphatic carbocycles. The summed E-state index contributed by atoms with van der Waals surface area (Å²) in [4.78, 5) is 9.08. The lowest BCUT2D eigenvalue weighted by molar-refractivity contribution is 0.589. The van der Waals surface area contributed by atoms with Gasteiger partial charge in [-0.25, -0.2) is 17.4 Å². The normalized spacial score (nSPS) is 13.7. The summed E-state index contributed by atoms with van der Waals surface area (Å²) in [6, 6.07) is 18.2. The van der Waals surface area contributed by atoms with E-state index in [-0.39, 0.29) is 4.90 Å². The summed E-state index contributed by atoms with van der Waals surface area (Å²) >= 11 is 0. The second kappa shape index (κ2) is 8.80. The highest BCUT2D eigenvalue weighted by Gasteiger charge is 2.25. The van der Waals surface area contributed by atoms with E-state index in [0.717, 1.165) is 28.0 Å². The Labute approximate surface area is 208 Å². The van der Waals surface area contributed by atoms with Crippen molar-refractivity contribution in [1.29, 1.82) is 0 Å². The Hall–Kier alpha value is -4.18. The predicted octanol–water partition coefficient (Wildman–Crippen LogP) is 4.93. The lowest BCUT2D eigenvalue weighted by atomic mass is 10.1. The minimum atomic E-state index is -3.70. The van der Waals surface area contributed by atoms with Gasteiger partial charge in [0.2, 0.25) is 5.95 Å². The number of aromatic nitrogens is 5. The smallest absolute Gasteiger partial charge is 0.268 e. The lowest BCUT2D eigenvalue weighted by Gasteiger charge is -2.10. The molecular formula is C26H25N7O2S. The summed E-state index contributed by atoms with van der Waals surface area (Å²) in [6.45, 7) is 2.36. The number of aryl methyl sites for hydroxylation is 1. The first kappa shape index (κ1) is 22.3. The number of nitrogens with one attached hydrogen (secondary N) is 3. The van der Waals surface area contributed by atoms with E-state index in [2.05, 4.69) is 30.8 Å². The molecule has 0 saturated heterocycles. The van der Waals surface area contributed by atoms with Crippen LogP contribution in [0, 0.1) is 6.92 Å². The molecule has 0 spiro atoms. The zero-order valence-electron chi connectivity index (χ0n) is 19.6. The zero-order valence-corrected chi connectivity index (χ0v) is 20.5. The van der Waals surface area contributed by atoms with E-state index in [9.17, 15) is 8.42 Å². The van der Waals surface area contributed by atoms with E-state index in [4.69, 9.17) is 0 Å². The summed E-state index contributed by atoms with van der Waals surface area (Å²) in [7, 11) is -3.70. The van der Waals surface area contributed by atoms with Crippen molar-refractivity contribution in [3.63, 3.8) is 0 Å². The maximum atomic E-state index is 13.3. The van der Waals surface area contributed by atoms with Crippen molar-refractivity contribution >= 4 is 38.5 Å². The molecule has 1 aliphatic rings. The number of benzene rings is 2. The van der Waals surface area contributed by atoms with E-state index in [1.54, 1.807) is 48.8 Å². The summed E-state index contributed by atoms with van der Waals surface area (Å²) in [5.41, 5.74) is 3.68. The van der Waals surface area contributed by atoms with Gasteiger partial charge in [-0.3, -0.25) is 5.10 Å². The van der Waals surface area contributed by atoms with Gasteiger partial charge < -0.3 is 10.6 Å². The predicted molar refractivity (Wildman–Crippen MR) is 139 cm³/mol. The first-order valence-electron chi connectivity index (χ1n) is 11.8. The van der Waals surface area contributed by atoms with Crippen LogP contribution in [0.3, 0.4) is 0 Å². The molecule has 0 bridgehead atoms. The number of rotatable bonds is 8. The molecule has 5 aromatic rings. The Morgan fingerprint density at radius 1 is 1.03 bits per heavy atom. The van der Waals surface area contributed by atoms with Crippen molar-refractivity contribution in [3.05, 3.63) is 89.9 Å². The third kappa shape index (κ3) is 4.42. The van der Waals surface area contributed by atoms with Crippen LogP contribution in [0.4, 0.5) is 17.6 Å². The van der Waals surface area contributed by atoms with Gasteiger partial charge in [-0.1, -0.05) is 29.8 Å². The SMILES string of the molecule is Cc1ccc(S(=O)(=O)n2ccc3ccc(CNc4nccc(Nc5cc(C6CC6)[nH]n5)n4)cc32)cc1. The Bertz CT molecular complexity index is 1650. The van der Waals surface area contributed by atoms with Crippen LogP contribution < -0.4 is 10.6 Å². The van der Waals surface area contributed by atoms with E-state index in [1.165, 1.54) is 16.8 Å². The average molecular weight is 500 g/mol. The topological polar surface area (TPSA) is 118 Å². The quantitative estimate of drug-likeness (QED) is 0.277. The van der Waals surface area contributed by atoms with Crippen molar-refractivity contribution < 1.29 is 8.42 Å². The highest BCUT2D eigenvalue weighted by Crippen LogP contribution is 2.39. The van der Waals surface area contributed by atoms with Crippen LogP contribution in [0.25, 0.3) is 10.9 Å². The lowest BCUT2D eigenvalue weighted by Crippen LogP contribution is -2.12. The van der Waals surface area contributed by atoms with Crippen LogP contribution in [0.1, 0.15) is 35.6 Å². The molecule has 1 saturated carbocycles. The molecule has 3 aromatic heterocycles. The fourth-order valence-electron chi connectivity index (χ4n) is 4.12. The first-order valence-corrected chi connectivity index (χ1v) is 13.2. The minimum Gasteiger partial charge on any atom is -0.350 e. The van der Waals surface area contributed by atoms with Gasteiger partial charge in [-0.05, 0) is 55.7 Å². The van der Waals surface area contributed by atoms with E-state index in [1.807, 2.05) is 31.2 Å². The number of hydrogen-bond acceptors (Lipinski definition) is 7. The van der Waals surface area contributed by atoms with Crippen molar-refractivity contribution in [2.75, 3.05) is 10.6 Å². The number of fused-ring (bicyclic) bond motifs is 1. The Balaban J connectivity index is 1.19. The highest BCUT2D eigenvalue weighted by atomic mass is 32.2. The van der Waals surface area contributed by atoms with Gasteiger partial charge in [0, 0.05) is 42.0 Å². The van der Waals surface area contributed by atoms with Crippen molar-refractivity contribution in [2.24, 2.45) is 0 Å². The minimum absolute atomic E-state index is 0.257. The molecule has 3 heterocycles. The number of anilines is 3. The summed E-state index contributed by atoms with van der Waals surface area (Å²) in [5, 5.41) is 14.7. The molecule has 0 amide bonds. The number of aromatic amines is 1. The third-order valence-corrected chi connectivity index (χ3v) is 7.98. The molecule has 6 rings (SSSR count). The second-order valence-corrected chi connectivity index (χ2v) is 10.9. The van der Waals surface area contributed by atoms with Gasteiger partial charge in [0.25, 0.3) is 10.0 Å². The van der Waals surface area contributed by atoms with Gasteiger partial charge >= 0.3 is 0 Å². The molecule has 1 fully saturated rings. The van der Waals surface area contributed by atoms with Crippen LogP contribution in [0.5, 0.6) is 0 Å². The fraction of sp³-hybridized carbons (Fsp3) is 0.192. The number of nitrogens with zero attached hydrogens (tertiary/aromatic N) is 4. The molecule has 0 atom stereocenters. The standard InChI is InChI=1S/C26H25N7O2S/c1-17-2-8-21(9-3-17)36(34,35)33-13-11-20-5-4-18(14-23(20)33)16-28-26-27-12-10-24(30-26)29-25-15-22(31-32-25)19-6-7-19/h2-5,8-15,19H,6-7,16H2,1H3,(H3,27,28,29,30,31,32). The summed E-state index contributed by atoms with van der Waals surface area (Å²) < 4.78 is 27.8. The molecular weight excluding hydrogens is 474 g/mol. The van der Waals surface area contributed by atoms with E-state index < -0.39 is 10.0 Å². The molecule has 0 aliphatic heterocycles. The first-order chi connectivity index (χ1) is 17.5. The maximum absolute atomic E-state index is 13.3. The molecule has 3 N–H and O–H groups in total. The van der Waals surface area contributed by atoms with Crippen molar-refractivity contribution in [3.8, 4) is 0 Å².